The van der Waals surface area contributed by atoms with E-state index in [9.17, 15) is 20.2 Å². The number of nitriles is 1. The largest absolute Gasteiger partial charge is 0.486 e. The lowest BCUT2D eigenvalue weighted by molar-refractivity contribution is -0.384. The van der Waals surface area contributed by atoms with Crippen molar-refractivity contribution in [2.75, 3.05) is 5.32 Å². The van der Waals surface area contributed by atoms with E-state index < -0.39 is 10.8 Å². The van der Waals surface area contributed by atoms with Gasteiger partial charge in [0.2, 0.25) is 0 Å². The molecule has 0 fully saturated rings. The Bertz CT molecular complexity index is 1260. The quantitative estimate of drug-likeness (QED) is 0.183. The van der Waals surface area contributed by atoms with Crippen LogP contribution >= 0.6 is 23.2 Å². The Morgan fingerprint density at radius 1 is 1.15 bits per heavy atom. The summed E-state index contributed by atoms with van der Waals surface area (Å²) in [5.41, 5.74) is 1.41. The summed E-state index contributed by atoms with van der Waals surface area (Å²) >= 11 is 12.6. The molecule has 33 heavy (non-hydrogen) atoms. The smallest absolute Gasteiger partial charge is 0.293 e. The van der Waals surface area contributed by atoms with Crippen LogP contribution < -0.4 is 10.1 Å². The fourth-order valence-electron chi connectivity index (χ4n) is 2.93. The van der Waals surface area contributed by atoms with E-state index in [1.807, 2.05) is 30.3 Å². The van der Waals surface area contributed by atoms with Crippen LogP contribution in [0.3, 0.4) is 0 Å². The topological polar surface area (TPSA) is 105 Å². The van der Waals surface area contributed by atoms with E-state index in [0.717, 1.165) is 5.56 Å². The molecule has 9 heteroatoms. The molecule has 1 N–H and O–H groups in total. The highest BCUT2D eigenvalue weighted by Crippen LogP contribution is 2.35. The molecule has 0 atom stereocenters. The highest BCUT2D eigenvalue weighted by Gasteiger charge is 2.19. The lowest BCUT2D eigenvalue weighted by atomic mass is 10.1. The Kier molecular flexibility index (Phi) is 7.67. The molecule has 0 radical (unpaired) electrons. The van der Waals surface area contributed by atoms with Gasteiger partial charge in [-0.25, -0.2) is 0 Å². The predicted molar refractivity (Wildman–Crippen MR) is 127 cm³/mol. The van der Waals surface area contributed by atoms with Crippen LogP contribution in [0.4, 0.5) is 11.4 Å². The standard InChI is InChI=1S/C24H17Cl2N3O4/c1-15-7-8-21(22(9-15)29(31)32)28-24(30)18(13-27)10-17-11-19(25)23(20(26)12-17)33-14-16-5-3-2-4-6-16/h2-12H,14H2,1H3,(H,28,30)/b18-10+. The molecule has 0 aliphatic carbocycles. The van der Waals surface area contributed by atoms with Gasteiger partial charge in [0.05, 0.1) is 15.0 Å². The molecule has 0 saturated carbocycles. The Labute approximate surface area is 200 Å². The first kappa shape index (κ1) is 23.8. The number of benzene rings is 3. The number of nitrogens with one attached hydrogen (secondary N) is 1. The molecule has 7 nitrogen and oxygen atoms in total. The third-order valence-electron chi connectivity index (χ3n) is 4.52. The number of hydrogen-bond donors (Lipinski definition) is 1. The number of anilines is 1. The Balaban J connectivity index is 1.81. The fourth-order valence-corrected chi connectivity index (χ4v) is 3.55. The van der Waals surface area contributed by atoms with Crippen molar-refractivity contribution in [1.82, 2.24) is 0 Å². The summed E-state index contributed by atoms with van der Waals surface area (Å²) in [4.78, 5) is 23.3. The lowest BCUT2D eigenvalue weighted by Gasteiger charge is -2.11. The number of ether oxygens (including phenoxy) is 1. The average molecular weight is 482 g/mol. The normalized spacial score (nSPS) is 10.9. The number of nitrogens with zero attached hydrogens (tertiary/aromatic N) is 2. The molecule has 0 saturated heterocycles. The molecule has 0 spiro atoms. The van der Waals surface area contributed by atoms with Crippen molar-refractivity contribution in [2.45, 2.75) is 13.5 Å². The fraction of sp³-hybridized carbons (Fsp3) is 0.0833. The van der Waals surface area contributed by atoms with Crippen molar-refractivity contribution in [3.05, 3.63) is 103 Å². The zero-order valence-electron chi connectivity index (χ0n) is 17.3. The minimum atomic E-state index is -0.805. The zero-order chi connectivity index (χ0) is 24.0. The number of carbonyl (C=O) groups excluding carboxylic acids is 1. The second kappa shape index (κ2) is 10.6. The van der Waals surface area contributed by atoms with Gasteiger partial charge in [-0.3, -0.25) is 14.9 Å². The van der Waals surface area contributed by atoms with Crippen LogP contribution in [-0.2, 0) is 11.4 Å². The van der Waals surface area contributed by atoms with E-state index in [2.05, 4.69) is 5.32 Å². The maximum atomic E-state index is 12.6. The van der Waals surface area contributed by atoms with Crippen LogP contribution in [0.1, 0.15) is 16.7 Å². The van der Waals surface area contributed by atoms with E-state index in [4.69, 9.17) is 27.9 Å². The van der Waals surface area contributed by atoms with Crippen molar-refractivity contribution in [2.24, 2.45) is 0 Å². The molecule has 0 bridgehead atoms. The van der Waals surface area contributed by atoms with Gasteiger partial charge in [-0.05, 0) is 47.9 Å². The number of amides is 1. The van der Waals surface area contributed by atoms with Gasteiger partial charge < -0.3 is 10.1 Å². The first-order valence-corrected chi connectivity index (χ1v) is 10.4. The summed E-state index contributed by atoms with van der Waals surface area (Å²) in [5.74, 6) is -0.529. The highest BCUT2D eigenvalue weighted by atomic mass is 35.5. The molecule has 3 rings (SSSR count). The molecule has 0 unspecified atom stereocenters. The molecular formula is C24H17Cl2N3O4. The second-order valence-corrected chi connectivity index (χ2v) is 7.80. The first-order chi connectivity index (χ1) is 15.8. The van der Waals surface area contributed by atoms with Crippen molar-refractivity contribution >= 4 is 46.6 Å². The van der Waals surface area contributed by atoms with Crippen molar-refractivity contribution in [3.63, 3.8) is 0 Å². The van der Waals surface area contributed by atoms with Gasteiger partial charge in [-0.1, -0.05) is 59.6 Å². The third-order valence-corrected chi connectivity index (χ3v) is 5.08. The van der Waals surface area contributed by atoms with Crippen LogP contribution in [0.2, 0.25) is 10.0 Å². The Hall–Kier alpha value is -3.86. The van der Waals surface area contributed by atoms with Gasteiger partial charge in [-0.2, -0.15) is 5.26 Å². The number of hydrogen-bond acceptors (Lipinski definition) is 5. The van der Waals surface area contributed by atoms with E-state index in [0.29, 0.717) is 11.1 Å². The van der Waals surface area contributed by atoms with Gasteiger partial charge in [-0.15, -0.1) is 0 Å². The third kappa shape index (κ3) is 6.10. The van der Waals surface area contributed by atoms with Crippen molar-refractivity contribution < 1.29 is 14.5 Å². The lowest BCUT2D eigenvalue weighted by Crippen LogP contribution is -2.14. The monoisotopic (exact) mass is 481 g/mol. The molecule has 0 aromatic heterocycles. The SMILES string of the molecule is Cc1ccc(NC(=O)/C(C#N)=C/c2cc(Cl)c(OCc3ccccc3)c(Cl)c2)c([N+](=O)[O-])c1. The van der Waals surface area contributed by atoms with Gasteiger partial charge in [0, 0.05) is 6.07 Å². The number of nitro benzene ring substituents is 1. The summed E-state index contributed by atoms with van der Waals surface area (Å²) in [6.45, 7) is 1.95. The van der Waals surface area contributed by atoms with Gasteiger partial charge in [0.25, 0.3) is 11.6 Å². The van der Waals surface area contributed by atoms with E-state index in [1.165, 1.54) is 30.3 Å². The molecule has 3 aromatic carbocycles. The average Bonchev–Trinajstić information content (AvgIpc) is 2.78. The minimum absolute atomic E-state index is 0.0162. The highest BCUT2D eigenvalue weighted by molar-refractivity contribution is 6.37. The van der Waals surface area contributed by atoms with Crippen LogP contribution in [0.15, 0.2) is 66.2 Å². The summed E-state index contributed by atoms with van der Waals surface area (Å²) < 4.78 is 5.72. The van der Waals surface area contributed by atoms with E-state index in [-0.39, 0.29) is 39.3 Å². The summed E-state index contributed by atoms with van der Waals surface area (Å²) in [6, 6.07) is 18.6. The van der Waals surface area contributed by atoms with Gasteiger partial charge >= 0.3 is 0 Å². The molecule has 1 amide bonds. The minimum Gasteiger partial charge on any atom is -0.486 e. The number of nitro groups is 1. The summed E-state index contributed by atoms with van der Waals surface area (Å²) in [5, 5.41) is 23.5. The van der Waals surface area contributed by atoms with Crippen LogP contribution in [0.5, 0.6) is 5.75 Å². The number of aryl methyl sites for hydroxylation is 1. The summed E-state index contributed by atoms with van der Waals surface area (Å²) in [7, 11) is 0. The van der Waals surface area contributed by atoms with Crippen LogP contribution in [0.25, 0.3) is 6.08 Å². The maximum Gasteiger partial charge on any atom is 0.293 e. The van der Waals surface area contributed by atoms with E-state index in [1.54, 1.807) is 19.1 Å². The second-order valence-electron chi connectivity index (χ2n) is 6.99. The molecule has 166 valence electrons. The van der Waals surface area contributed by atoms with E-state index >= 15 is 0 Å². The van der Waals surface area contributed by atoms with Crippen molar-refractivity contribution in [1.29, 1.82) is 5.26 Å². The van der Waals surface area contributed by atoms with Crippen LogP contribution in [-0.4, -0.2) is 10.8 Å². The maximum absolute atomic E-state index is 12.6. The molecular weight excluding hydrogens is 465 g/mol. The molecule has 0 heterocycles. The number of rotatable bonds is 7. The predicted octanol–water partition coefficient (Wildman–Crippen LogP) is 6.33. The molecule has 0 aliphatic heterocycles. The van der Waals surface area contributed by atoms with Gasteiger partial charge in [0.15, 0.2) is 5.75 Å². The summed E-state index contributed by atoms with van der Waals surface area (Å²) in [6.07, 6.45) is 1.29. The van der Waals surface area contributed by atoms with Gasteiger partial charge in [0.1, 0.15) is 23.9 Å². The van der Waals surface area contributed by atoms with Crippen molar-refractivity contribution in [3.8, 4) is 11.8 Å². The zero-order valence-corrected chi connectivity index (χ0v) is 18.9. The van der Waals surface area contributed by atoms with Crippen LogP contribution in [0, 0.1) is 28.4 Å². The number of halogens is 2. The molecule has 3 aromatic rings. The first-order valence-electron chi connectivity index (χ1n) is 9.62. The Morgan fingerprint density at radius 3 is 2.42 bits per heavy atom. The molecule has 0 aliphatic rings. The number of carbonyl (C=O) groups is 1. The Morgan fingerprint density at radius 2 is 1.82 bits per heavy atom.